The minimum atomic E-state index is -0.276. The Hall–Kier alpha value is -3.67. The van der Waals surface area contributed by atoms with Crippen molar-refractivity contribution in [3.63, 3.8) is 0 Å². The molecule has 0 amide bonds. The number of aromatic amines is 1. The molecule has 4 rings (SSSR count). The van der Waals surface area contributed by atoms with Gasteiger partial charge in [0.05, 0.1) is 18.5 Å². The van der Waals surface area contributed by atoms with E-state index in [9.17, 15) is 4.39 Å². The summed E-state index contributed by atoms with van der Waals surface area (Å²) in [6.07, 6.45) is 3.54. The van der Waals surface area contributed by atoms with E-state index < -0.39 is 0 Å². The largest absolute Gasteiger partial charge is 0.493 e. The Labute approximate surface area is 161 Å². The van der Waals surface area contributed by atoms with Gasteiger partial charge in [-0.1, -0.05) is 6.07 Å². The zero-order valence-corrected chi connectivity index (χ0v) is 15.2. The Kier molecular flexibility index (Phi) is 5.01. The summed E-state index contributed by atoms with van der Waals surface area (Å²) in [4.78, 5) is 12.0. The molecule has 4 aromatic rings. The number of pyridine rings is 1. The average molecular weight is 375 g/mol. The van der Waals surface area contributed by atoms with E-state index in [1.54, 1.807) is 25.4 Å². The lowest BCUT2D eigenvalue weighted by Crippen LogP contribution is -1.99. The Balaban J connectivity index is 1.55. The van der Waals surface area contributed by atoms with Crippen LogP contribution in [0.15, 0.2) is 73.1 Å². The van der Waals surface area contributed by atoms with Crippen LogP contribution in [0, 0.1) is 5.82 Å². The summed E-state index contributed by atoms with van der Waals surface area (Å²) in [7, 11) is 1.60. The molecule has 0 spiro atoms. The van der Waals surface area contributed by atoms with E-state index in [1.165, 1.54) is 12.1 Å². The van der Waals surface area contributed by atoms with Crippen molar-refractivity contribution in [2.75, 3.05) is 7.11 Å². The zero-order chi connectivity index (χ0) is 19.3. The highest BCUT2D eigenvalue weighted by Crippen LogP contribution is 2.33. The average Bonchev–Trinajstić information content (AvgIpc) is 3.23. The molecule has 0 atom stereocenters. The van der Waals surface area contributed by atoms with Gasteiger partial charge in [0.2, 0.25) is 0 Å². The third kappa shape index (κ3) is 3.86. The third-order valence-corrected chi connectivity index (χ3v) is 4.26. The van der Waals surface area contributed by atoms with Gasteiger partial charge in [0.1, 0.15) is 18.2 Å². The van der Waals surface area contributed by atoms with Crippen LogP contribution in [-0.4, -0.2) is 22.1 Å². The number of benzene rings is 2. The van der Waals surface area contributed by atoms with Crippen LogP contribution >= 0.6 is 0 Å². The molecule has 2 heterocycles. The van der Waals surface area contributed by atoms with E-state index in [4.69, 9.17) is 9.47 Å². The van der Waals surface area contributed by atoms with E-state index in [2.05, 4.69) is 15.0 Å². The number of imidazole rings is 1. The van der Waals surface area contributed by atoms with Crippen molar-refractivity contribution in [2.45, 2.75) is 6.61 Å². The molecule has 0 fully saturated rings. The Morgan fingerprint density at radius 2 is 1.79 bits per heavy atom. The van der Waals surface area contributed by atoms with Crippen LogP contribution < -0.4 is 9.47 Å². The van der Waals surface area contributed by atoms with Crippen LogP contribution in [0.25, 0.3) is 22.6 Å². The van der Waals surface area contributed by atoms with Gasteiger partial charge in [0, 0.05) is 23.5 Å². The maximum Gasteiger partial charge on any atom is 0.161 e. The summed E-state index contributed by atoms with van der Waals surface area (Å²) in [6.45, 7) is 0.355. The van der Waals surface area contributed by atoms with Gasteiger partial charge in [0.25, 0.3) is 0 Å². The summed E-state index contributed by atoms with van der Waals surface area (Å²) in [5, 5.41) is 0. The highest BCUT2D eigenvalue weighted by Gasteiger charge is 2.11. The molecule has 140 valence electrons. The fraction of sp³-hybridized carbons (Fsp3) is 0.0909. The zero-order valence-electron chi connectivity index (χ0n) is 15.2. The van der Waals surface area contributed by atoms with Crippen LogP contribution in [0.5, 0.6) is 11.5 Å². The molecule has 0 bridgehead atoms. The van der Waals surface area contributed by atoms with Crippen molar-refractivity contribution in [1.82, 2.24) is 15.0 Å². The number of methoxy groups -OCH3 is 1. The van der Waals surface area contributed by atoms with Crippen molar-refractivity contribution in [2.24, 2.45) is 0 Å². The smallest absolute Gasteiger partial charge is 0.161 e. The third-order valence-electron chi connectivity index (χ3n) is 4.26. The molecule has 5 nitrogen and oxygen atoms in total. The number of hydrogen-bond acceptors (Lipinski definition) is 4. The lowest BCUT2D eigenvalue weighted by molar-refractivity contribution is 0.281. The number of halogens is 1. The molecule has 6 heteroatoms. The molecule has 0 saturated carbocycles. The summed E-state index contributed by atoms with van der Waals surface area (Å²) in [5.41, 5.74) is 3.29. The maximum absolute atomic E-state index is 13.1. The normalized spacial score (nSPS) is 10.6. The van der Waals surface area contributed by atoms with Gasteiger partial charge in [-0.3, -0.25) is 4.98 Å². The number of nitrogens with one attached hydrogen (secondary N) is 1. The minimum absolute atomic E-state index is 0.276. The van der Waals surface area contributed by atoms with Gasteiger partial charge in [-0.25, -0.2) is 9.37 Å². The minimum Gasteiger partial charge on any atom is -0.493 e. The van der Waals surface area contributed by atoms with Crippen LogP contribution in [0.3, 0.4) is 0 Å². The quantitative estimate of drug-likeness (QED) is 0.523. The van der Waals surface area contributed by atoms with Gasteiger partial charge < -0.3 is 14.5 Å². The number of rotatable bonds is 6. The summed E-state index contributed by atoms with van der Waals surface area (Å²) in [6, 6.07) is 17.5. The second-order valence-electron chi connectivity index (χ2n) is 6.12. The van der Waals surface area contributed by atoms with Crippen molar-refractivity contribution < 1.29 is 13.9 Å². The lowest BCUT2D eigenvalue weighted by atomic mass is 10.1. The van der Waals surface area contributed by atoms with E-state index in [0.717, 1.165) is 22.5 Å². The number of nitrogens with zero attached hydrogens (tertiary/aromatic N) is 2. The highest BCUT2D eigenvalue weighted by molar-refractivity contribution is 5.67. The summed E-state index contributed by atoms with van der Waals surface area (Å²) in [5.74, 6) is 1.64. The van der Waals surface area contributed by atoms with Crippen molar-refractivity contribution in [3.05, 3.63) is 84.6 Å². The van der Waals surface area contributed by atoms with Gasteiger partial charge in [-0.15, -0.1) is 0 Å². The SMILES string of the molecule is COc1cc(-c2c[nH]c(-c3ccc(F)cc3)n2)ccc1OCc1ccccn1. The maximum atomic E-state index is 13.1. The van der Waals surface area contributed by atoms with Crippen LogP contribution in [0.2, 0.25) is 0 Å². The number of H-pyrrole nitrogens is 1. The van der Waals surface area contributed by atoms with E-state index >= 15 is 0 Å². The fourth-order valence-electron chi connectivity index (χ4n) is 2.81. The first kappa shape index (κ1) is 17.7. The number of aromatic nitrogens is 3. The van der Waals surface area contributed by atoms with Gasteiger partial charge in [-0.05, 0) is 54.6 Å². The highest BCUT2D eigenvalue weighted by atomic mass is 19.1. The molecule has 2 aromatic heterocycles. The molecule has 28 heavy (non-hydrogen) atoms. The molecular weight excluding hydrogens is 357 g/mol. The van der Waals surface area contributed by atoms with Crippen molar-refractivity contribution in [3.8, 4) is 34.1 Å². The van der Waals surface area contributed by atoms with Crippen LogP contribution in [0.1, 0.15) is 5.69 Å². The molecule has 0 aliphatic rings. The Morgan fingerprint density at radius 1 is 0.964 bits per heavy atom. The summed E-state index contributed by atoms with van der Waals surface area (Å²) < 4.78 is 24.4. The van der Waals surface area contributed by atoms with Gasteiger partial charge >= 0.3 is 0 Å². The number of ether oxygens (including phenoxy) is 2. The van der Waals surface area contributed by atoms with Gasteiger partial charge in [0.15, 0.2) is 11.5 Å². The lowest BCUT2D eigenvalue weighted by Gasteiger charge is -2.11. The van der Waals surface area contributed by atoms with Crippen molar-refractivity contribution in [1.29, 1.82) is 0 Å². The molecule has 1 N–H and O–H groups in total. The predicted molar refractivity (Wildman–Crippen MR) is 105 cm³/mol. The van der Waals surface area contributed by atoms with Crippen molar-refractivity contribution >= 4 is 0 Å². The van der Waals surface area contributed by atoms with Crippen LogP contribution in [0.4, 0.5) is 4.39 Å². The van der Waals surface area contributed by atoms with E-state index in [0.29, 0.717) is 23.9 Å². The Bertz CT molecular complexity index is 1060. The molecule has 0 saturated heterocycles. The van der Waals surface area contributed by atoms with Crippen LogP contribution in [-0.2, 0) is 6.61 Å². The van der Waals surface area contributed by atoms with E-state index in [1.807, 2.05) is 42.6 Å². The molecule has 0 aliphatic heterocycles. The predicted octanol–water partition coefficient (Wildman–Crippen LogP) is 4.87. The molecule has 0 radical (unpaired) electrons. The second-order valence-corrected chi connectivity index (χ2v) is 6.12. The Morgan fingerprint density at radius 3 is 2.54 bits per heavy atom. The molecule has 0 unspecified atom stereocenters. The molecular formula is C22H18FN3O2. The molecule has 0 aliphatic carbocycles. The number of hydrogen-bond donors (Lipinski definition) is 1. The summed E-state index contributed by atoms with van der Waals surface area (Å²) >= 11 is 0. The van der Waals surface area contributed by atoms with E-state index in [-0.39, 0.29) is 5.82 Å². The first-order valence-corrected chi connectivity index (χ1v) is 8.75. The fourth-order valence-corrected chi connectivity index (χ4v) is 2.81. The monoisotopic (exact) mass is 375 g/mol. The standard InChI is InChI=1S/C22H18FN3O2/c1-27-21-12-16(7-10-20(21)28-14-18-4-2-3-11-24-18)19-13-25-22(26-19)15-5-8-17(23)9-6-15/h2-13H,14H2,1H3,(H,25,26). The topological polar surface area (TPSA) is 60.0 Å². The first-order valence-electron chi connectivity index (χ1n) is 8.75. The molecule has 2 aromatic carbocycles. The second kappa shape index (κ2) is 7.92. The van der Waals surface area contributed by atoms with Gasteiger partial charge in [-0.2, -0.15) is 0 Å². The first-order chi connectivity index (χ1) is 13.7.